The number of nitrogens with zero attached hydrogens (tertiary/aromatic N) is 4. The molecule has 336 valence electrons. The molecule has 1 spiro atoms. The highest BCUT2D eigenvalue weighted by molar-refractivity contribution is 6.91. The van der Waals surface area contributed by atoms with E-state index in [2.05, 4.69) is 53.1 Å². The van der Waals surface area contributed by atoms with Gasteiger partial charge in [0.25, 0.3) is 17.7 Å². The summed E-state index contributed by atoms with van der Waals surface area (Å²) in [5.74, 6) is 1.00. The third-order valence-electron chi connectivity index (χ3n) is 12.9. The number of aromatic nitrogens is 3. The number of hydrogen-bond donors (Lipinski definition) is 3. The van der Waals surface area contributed by atoms with Gasteiger partial charge < -0.3 is 39.6 Å². The van der Waals surface area contributed by atoms with E-state index in [-0.39, 0.29) is 48.4 Å². The van der Waals surface area contributed by atoms with Crippen molar-refractivity contribution in [3.63, 3.8) is 0 Å². The fourth-order valence-electron chi connectivity index (χ4n) is 9.52. The summed E-state index contributed by atoms with van der Waals surface area (Å²) in [5.41, 5.74) is 3.53. The molecule has 15 heteroatoms. The van der Waals surface area contributed by atoms with Crippen molar-refractivity contribution in [1.82, 2.24) is 15.0 Å². The molecule has 5 aromatic carbocycles. The number of nitrogens with one attached hydrogen (secondary N) is 2. The Bertz CT molecular complexity index is 2650. The molecule has 14 nitrogen and oxygen atoms in total. The lowest BCUT2D eigenvalue weighted by molar-refractivity contribution is -0.146. The molecule has 0 radical (unpaired) electrons. The Morgan fingerprint density at radius 1 is 0.785 bits per heavy atom. The number of amides is 3. The zero-order valence-electron chi connectivity index (χ0n) is 37.4. The molecule has 8 rings (SSSR count). The van der Waals surface area contributed by atoms with Gasteiger partial charge in [-0.1, -0.05) is 54.7 Å². The first-order chi connectivity index (χ1) is 31.4. The SMILES string of the molecule is COc1ccc(C(=O)Nc2ccc(CN3C(=O)[C@@]4(O[C@@H](CCn5cc(CCO)nn5)[C@H]([Si](C)(C)c5ccc(OC)cc5)[C@H]4C)c4cc(NC(=O)c5ccc(OC)cc5)ccc43)cc2)cc1. The molecule has 3 N–H and O–H groups in total. The number of carbonyl (C=O) groups excluding carboxylic acids is 3. The maximum absolute atomic E-state index is 15.6. The summed E-state index contributed by atoms with van der Waals surface area (Å²) >= 11 is 0. The van der Waals surface area contributed by atoms with Crippen molar-refractivity contribution in [3.8, 4) is 17.2 Å². The van der Waals surface area contributed by atoms with E-state index < -0.39 is 13.7 Å². The minimum absolute atomic E-state index is 0.0277. The maximum Gasteiger partial charge on any atom is 0.264 e. The highest BCUT2D eigenvalue weighted by Crippen LogP contribution is 2.60. The van der Waals surface area contributed by atoms with Crippen molar-refractivity contribution in [2.45, 2.75) is 63.2 Å². The van der Waals surface area contributed by atoms with E-state index in [1.807, 2.05) is 60.8 Å². The Balaban J connectivity index is 1.15. The molecule has 0 saturated carbocycles. The summed E-state index contributed by atoms with van der Waals surface area (Å²) in [6.45, 7) is 7.48. The second-order valence-electron chi connectivity index (χ2n) is 17.1. The van der Waals surface area contributed by atoms with Gasteiger partial charge in [-0.15, -0.1) is 5.10 Å². The summed E-state index contributed by atoms with van der Waals surface area (Å²) in [6, 6.07) is 35.0. The van der Waals surface area contributed by atoms with Crippen LogP contribution in [-0.2, 0) is 34.6 Å². The van der Waals surface area contributed by atoms with E-state index in [4.69, 9.17) is 18.9 Å². The van der Waals surface area contributed by atoms with Crippen molar-refractivity contribution >= 4 is 48.0 Å². The van der Waals surface area contributed by atoms with Gasteiger partial charge in [0.15, 0.2) is 5.60 Å². The number of aliphatic hydroxyl groups excluding tert-OH is 1. The smallest absolute Gasteiger partial charge is 0.264 e. The van der Waals surface area contributed by atoms with Gasteiger partial charge >= 0.3 is 0 Å². The first-order valence-electron chi connectivity index (χ1n) is 21.7. The van der Waals surface area contributed by atoms with Crippen LogP contribution < -0.4 is 34.9 Å². The summed E-state index contributed by atoms with van der Waals surface area (Å²) in [5, 5.41) is 25.3. The predicted octanol–water partition coefficient (Wildman–Crippen LogP) is 7.20. The highest BCUT2D eigenvalue weighted by Gasteiger charge is 2.66. The number of methoxy groups -OCH3 is 3. The Kier molecular flexibility index (Phi) is 12.9. The Hall–Kier alpha value is -6.81. The second kappa shape index (κ2) is 18.7. The number of rotatable bonds is 16. The lowest BCUT2D eigenvalue weighted by Crippen LogP contribution is -2.51. The minimum Gasteiger partial charge on any atom is -0.497 e. The van der Waals surface area contributed by atoms with Crippen LogP contribution >= 0.6 is 0 Å². The number of fused-ring (bicyclic) bond motifs is 2. The van der Waals surface area contributed by atoms with Crippen LogP contribution in [0.5, 0.6) is 17.2 Å². The number of aryl methyl sites for hydroxylation is 1. The number of aliphatic hydroxyl groups is 1. The standard InChI is InChI=1S/C50H54N6O8Si/c1-32-46(65(5,6)42-22-20-41(63-4)21-23-42)45(25-27-55-31-38(26-28-57)53-54-55)64-50(32)43-29-37(52-48(59)35-11-18-40(62-3)19-12-35)15-24-44(43)56(49(50)60)30-33-7-13-36(14-8-33)51-47(58)34-9-16-39(61-2)17-10-34/h7-24,29,31-32,45-46,57H,25-28,30H2,1-6H3,(H,51,58)(H,52,59)/t32-,45+,46-,50+/m1/s1. The monoisotopic (exact) mass is 894 g/mol. The molecule has 0 aliphatic carbocycles. The van der Waals surface area contributed by atoms with E-state index in [9.17, 15) is 14.7 Å². The molecule has 0 bridgehead atoms. The highest BCUT2D eigenvalue weighted by atomic mass is 28.3. The van der Waals surface area contributed by atoms with Crippen molar-refractivity contribution in [3.05, 3.63) is 149 Å². The Morgan fingerprint density at radius 2 is 1.34 bits per heavy atom. The van der Waals surface area contributed by atoms with Crippen molar-refractivity contribution in [2.75, 3.05) is 43.5 Å². The van der Waals surface area contributed by atoms with Crippen LogP contribution in [0.15, 0.2) is 121 Å². The first-order valence-corrected chi connectivity index (χ1v) is 24.7. The maximum atomic E-state index is 15.6. The summed E-state index contributed by atoms with van der Waals surface area (Å²) in [6.07, 6.45) is 2.42. The summed E-state index contributed by atoms with van der Waals surface area (Å²) in [7, 11) is 2.32. The number of carbonyl (C=O) groups is 3. The molecule has 4 atom stereocenters. The number of anilines is 3. The average molecular weight is 895 g/mol. The largest absolute Gasteiger partial charge is 0.497 e. The third-order valence-corrected chi connectivity index (χ3v) is 17.3. The summed E-state index contributed by atoms with van der Waals surface area (Å²) in [4.78, 5) is 44.1. The van der Waals surface area contributed by atoms with E-state index in [1.165, 1.54) is 5.19 Å². The van der Waals surface area contributed by atoms with Crippen molar-refractivity contribution in [1.29, 1.82) is 0 Å². The van der Waals surface area contributed by atoms with Crippen LogP contribution in [0.25, 0.3) is 0 Å². The molecule has 0 unspecified atom stereocenters. The molecular formula is C50H54N6O8Si. The lowest BCUT2D eigenvalue weighted by Gasteiger charge is -2.37. The van der Waals surface area contributed by atoms with Gasteiger partial charge in [0.05, 0.1) is 53.4 Å². The van der Waals surface area contributed by atoms with E-state index in [0.717, 1.165) is 11.3 Å². The van der Waals surface area contributed by atoms with Gasteiger partial charge in [-0.2, -0.15) is 0 Å². The fourth-order valence-corrected chi connectivity index (χ4v) is 13.6. The first kappa shape index (κ1) is 44.8. The third kappa shape index (κ3) is 8.86. The zero-order chi connectivity index (χ0) is 45.9. The topological polar surface area (TPSA) is 166 Å². The molecular weight excluding hydrogens is 841 g/mol. The minimum atomic E-state index is -2.49. The molecule has 3 amide bonds. The number of ether oxygens (including phenoxy) is 4. The van der Waals surface area contributed by atoms with Gasteiger partial charge in [0.1, 0.15) is 17.2 Å². The lowest BCUT2D eigenvalue weighted by atomic mass is 9.82. The predicted molar refractivity (Wildman–Crippen MR) is 251 cm³/mol. The zero-order valence-corrected chi connectivity index (χ0v) is 38.4. The molecule has 1 aromatic heterocycles. The molecule has 2 aliphatic heterocycles. The van der Waals surface area contributed by atoms with Gasteiger partial charge in [-0.3, -0.25) is 19.1 Å². The summed E-state index contributed by atoms with van der Waals surface area (Å²) < 4.78 is 25.2. The van der Waals surface area contributed by atoms with Gasteiger partial charge in [-0.05, 0) is 109 Å². The molecule has 3 heterocycles. The van der Waals surface area contributed by atoms with Crippen LogP contribution in [0.3, 0.4) is 0 Å². The molecule has 1 fully saturated rings. The molecule has 6 aromatic rings. The number of hydrogen-bond acceptors (Lipinski definition) is 10. The fraction of sp³-hybridized carbons (Fsp3) is 0.300. The van der Waals surface area contributed by atoms with Gasteiger partial charge in [0, 0.05) is 59.8 Å². The van der Waals surface area contributed by atoms with Crippen LogP contribution in [0.4, 0.5) is 17.1 Å². The van der Waals surface area contributed by atoms with E-state index >= 15 is 4.79 Å². The Labute approximate surface area is 379 Å². The molecule has 2 aliphatic rings. The quantitative estimate of drug-likeness (QED) is 0.0847. The van der Waals surface area contributed by atoms with Crippen LogP contribution in [-0.4, -0.2) is 79.9 Å². The van der Waals surface area contributed by atoms with Crippen LogP contribution in [0, 0.1) is 5.92 Å². The Morgan fingerprint density at radius 3 is 1.91 bits per heavy atom. The van der Waals surface area contributed by atoms with Crippen molar-refractivity contribution in [2.24, 2.45) is 5.92 Å². The van der Waals surface area contributed by atoms with E-state index in [0.29, 0.717) is 70.3 Å². The van der Waals surface area contributed by atoms with Gasteiger partial charge in [0.2, 0.25) is 0 Å². The molecule has 1 saturated heterocycles. The van der Waals surface area contributed by atoms with E-state index in [1.54, 1.807) is 79.4 Å². The van der Waals surface area contributed by atoms with Gasteiger partial charge in [-0.25, -0.2) is 0 Å². The van der Waals surface area contributed by atoms with Crippen LogP contribution in [0.2, 0.25) is 18.6 Å². The number of benzene rings is 5. The second-order valence-corrected chi connectivity index (χ2v) is 21.8. The molecule has 65 heavy (non-hydrogen) atoms. The van der Waals surface area contributed by atoms with Crippen LogP contribution in [0.1, 0.15) is 50.9 Å². The van der Waals surface area contributed by atoms with Crippen molar-refractivity contribution < 1.29 is 38.4 Å². The normalized spacial score (nSPS) is 19.0. The average Bonchev–Trinajstić information content (AvgIpc) is 3.98.